The number of carbonyl (C=O) groups is 1. The highest BCUT2D eigenvalue weighted by molar-refractivity contribution is 6.04. The molecule has 0 aliphatic carbocycles. The number of rotatable bonds is 15. The molecule has 1 aromatic heterocycles. The summed E-state index contributed by atoms with van der Waals surface area (Å²) in [7, 11) is 0. The lowest BCUT2D eigenvalue weighted by Gasteiger charge is -2.08. The molecule has 0 aliphatic heterocycles. The summed E-state index contributed by atoms with van der Waals surface area (Å²) in [6.45, 7) is 4.47. The van der Waals surface area contributed by atoms with E-state index in [1.54, 1.807) is 0 Å². The average molecular weight is 472 g/mol. The second-order valence-electron chi connectivity index (χ2n) is 9.47. The molecule has 3 aromatic rings. The lowest BCUT2D eigenvalue weighted by molar-refractivity contribution is 0.102. The molecule has 4 heteroatoms. The Morgan fingerprint density at radius 1 is 0.657 bits per heavy atom. The molecule has 4 nitrogen and oxygen atoms in total. The first-order chi connectivity index (χ1) is 17.2. The third-order valence-corrected chi connectivity index (χ3v) is 6.46. The van der Waals surface area contributed by atoms with Gasteiger partial charge < -0.3 is 5.32 Å². The Balaban J connectivity index is 1.46. The Morgan fingerprint density at radius 3 is 1.83 bits per heavy atom. The Morgan fingerprint density at radius 2 is 1.20 bits per heavy atom. The van der Waals surface area contributed by atoms with Gasteiger partial charge in [-0.05, 0) is 73.2 Å². The second kappa shape index (κ2) is 15.1. The number of nitrogens with one attached hydrogen (secondary N) is 1. The molecule has 2 aromatic carbocycles. The van der Waals surface area contributed by atoms with E-state index in [9.17, 15) is 4.79 Å². The number of unbranched alkanes of at least 4 members (excludes halogenated alkanes) is 8. The van der Waals surface area contributed by atoms with Crippen LogP contribution in [0.1, 0.15) is 99.5 Å². The lowest BCUT2D eigenvalue weighted by Crippen LogP contribution is -2.11. The highest BCUT2D eigenvalue weighted by Gasteiger charge is 2.08. The zero-order valence-electron chi connectivity index (χ0n) is 21.6. The first-order valence-electron chi connectivity index (χ1n) is 13.5. The van der Waals surface area contributed by atoms with Gasteiger partial charge in [0.1, 0.15) is 0 Å². The number of hydrogen-bond acceptors (Lipinski definition) is 3. The van der Waals surface area contributed by atoms with E-state index >= 15 is 0 Å². The third kappa shape index (κ3) is 9.28. The van der Waals surface area contributed by atoms with Crippen LogP contribution in [0.5, 0.6) is 0 Å². The summed E-state index contributed by atoms with van der Waals surface area (Å²) >= 11 is 0. The maximum atomic E-state index is 12.6. The molecule has 186 valence electrons. The molecule has 1 heterocycles. The molecule has 3 rings (SSSR count). The van der Waals surface area contributed by atoms with Gasteiger partial charge in [-0.2, -0.15) is 0 Å². The van der Waals surface area contributed by atoms with Crippen molar-refractivity contribution in [3.8, 4) is 11.4 Å². The predicted octanol–water partition coefficient (Wildman–Crippen LogP) is 8.42. The van der Waals surface area contributed by atoms with Gasteiger partial charge in [0.05, 0.1) is 0 Å². The van der Waals surface area contributed by atoms with Crippen molar-refractivity contribution in [1.82, 2.24) is 9.97 Å². The first-order valence-corrected chi connectivity index (χ1v) is 13.5. The summed E-state index contributed by atoms with van der Waals surface area (Å²) in [6, 6.07) is 15.7. The minimum Gasteiger partial charge on any atom is -0.322 e. The summed E-state index contributed by atoms with van der Waals surface area (Å²) in [4.78, 5) is 21.8. The van der Waals surface area contributed by atoms with Crippen molar-refractivity contribution in [2.45, 2.75) is 90.9 Å². The number of carbonyl (C=O) groups excluding carboxylic acids is 1. The molecule has 0 spiro atoms. The van der Waals surface area contributed by atoms with Crippen molar-refractivity contribution in [1.29, 1.82) is 0 Å². The molecule has 0 saturated heterocycles. The van der Waals surface area contributed by atoms with E-state index in [-0.39, 0.29) is 5.91 Å². The van der Waals surface area contributed by atoms with E-state index in [4.69, 9.17) is 0 Å². The quantitative estimate of drug-likeness (QED) is 0.226. The fourth-order valence-electron chi connectivity index (χ4n) is 4.23. The number of anilines is 1. The average Bonchev–Trinajstić information content (AvgIpc) is 2.90. The van der Waals surface area contributed by atoms with Gasteiger partial charge in [-0.1, -0.05) is 77.3 Å². The molecule has 0 fully saturated rings. The van der Waals surface area contributed by atoms with Crippen LogP contribution in [0.25, 0.3) is 11.4 Å². The van der Waals surface area contributed by atoms with E-state index in [1.165, 1.54) is 75.3 Å². The van der Waals surface area contributed by atoms with Crippen LogP contribution in [0, 0.1) is 0 Å². The molecular weight excluding hydrogens is 430 g/mol. The second-order valence-corrected chi connectivity index (χ2v) is 9.47. The molecule has 0 unspecified atom stereocenters. The van der Waals surface area contributed by atoms with Crippen LogP contribution in [-0.4, -0.2) is 15.9 Å². The molecule has 0 radical (unpaired) electrons. The van der Waals surface area contributed by atoms with Gasteiger partial charge in [0, 0.05) is 29.2 Å². The van der Waals surface area contributed by atoms with Crippen LogP contribution in [0.3, 0.4) is 0 Å². The van der Waals surface area contributed by atoms with Gasteiger partial charge in [-0.3, -0.25) is 4.79 Å². The molecule has 0 bridgehead atoms. The van der Waals surface area contributed by atoms with Crippen molar-refractivity contribution < 1.29 is 4.79 Å². The molecule has 0 atom stereocenters. The number of benzene rings is 2. The van der Waals surface area contributed by atoms with Crippen molar-refractivity contribution in [2.75, 3.05) is 5.32 Å². The van der Waals surface area contributed by atoms with Crippen LogP contribution >= 0.6 is 0 Å². The van der Waals surface area contributed by atoms with E-state index in [2.05, 4.69) is 41.3 Å². The summed E-state index contributed by atoms with van der Waals surface area (Å²) in [5.41, 5.74) is 4.87. The monoisotopic (exact) mass is 471 g/mol. The lowest BCUT2D eigenvalue weighted by atomic mass is 10.0. The first kappa shape index (κ1) is 26.6. The zero-order chi connectivity index (χ0) is 24.7. The van der Waals surface area contributed by atoms with Crippen LogP contribution in [-0.2, 0) is 12.8 Å². The predicted molar refractivity (Wildman–Crippen MR) is 147 cm³/mol. The highest BCUT2D eigenvalue weighted by Crippen LogP contribution is 2.19. The van der Waals surface area contributed by atoms with Crippen molar-refractivity contribution in [3.63, 3.8) is 0 Å². The molecular formula is C31H41N3O. The molecule has 0 aliphatic rings. The van der Waals surface area contributed by atoms with Gasteiger partial charge in [-0.25, -0.2) is 9.97 Å². The maximum Gasteiger partial charge on any atom is 0.255 e. The van der Waals surface area contributed by atoms with E-state index in [1.807, 2.05) is 48.8 Å². The summed E-state index contributed by atoms with van der Waals surface area (Å²) in [6.07, 6.45) is 18.8. The van der Waals surface area contributed by atoms with E-state index in [0.717, 1.165) is 24.1 Å². The van der Waals surface area contributed by atoms with Crippen LogP contribution in [0.2, 0.25) is 0 Å². The zero-order valence-corrected chi connectivity index (χ0v) is 21.6. The minimum atomic E-state index is -0.0921. The fraction of sp³-hybridized carbons (Fsp3) is 0.452. The third-order valence-electron chi connectivity index (χ3n) is 6.46. The number of aromatic nitrogens is 2. The maximum absolute atomic E-state index is 12.6. The molecule has 1 N–H and O–H groups in total. The molecule has 0 saturated carbocycles. The smallest absolute Gasteiger partial charge is 0.255 e. The Bertz CT molecular complexity index is 995. The fourth-order valence-corrected chi connectivity index (χ4v) is 4.23. The van der Waals surface area contributed by atoms with Crippen molar-refractivity contribution in [2.24, 2.45) is 0 Å². The van der Waals surface area contributed by atoms with Crippen LogP contribution < -0.4 is 5.32 Å². The number of nitrogens with zero attached hydrogens (tertiary/aromatic N) is 2. The topological polar surface area (TPSA) is 54.9 Å². The Kier molecular flexibility index (Phi) is 11.5. The minimum absolute atomic E-state index is 0.0921. The Hall–Kier alpha value is -3.01. The molecule has 1 amide bonds. The summed E-state index contributed by atoms with van der Waals surface area (Å²) in [5, 5.41) is 2.99. The largest absolute Gasteiger partial charge is 0.322 e. The normalized spacial score (nSPS) is 10.9. The van der Waals surface area contributed by atoms with Gasteiger partial charge in [0.15, 0.2) is 5.82 Å². The SMILES string of the molecule is CCCCCCCCc1cnc(-c2ccc(NC(=O)c3ccc(CCCCCC)cc3)cc2)nc1. The summed E-state index contributed by atoms with van der Waals surface area (Å²) < 4.78 is 0. The van der Waals surface area contributed by atoms with Gasteiger partial charge in [0.25, 0.3) is 5.91 Å². The highest BCUT2D eigenvalue weighted by atomic mass is 16.1. The van der Waals surface area contributed by atoms with Crippen LogP contribution in [0.4, 0.5) is 5.69 Å². The number of hydrogen-bond donors (Lipinski definition) is 1. The summed E-state index contributed by atoms with van der Waals surface area (Å²) in [5.74, 6) is 0.620. The van der Waals surface area contributed by atoms with Gasteiger partial charge in [0.2, 0.25) is 0 Å². The van der Waals surface area contributed by atoms with Crippen LogP contribution in [0.15, 0.2) is 60.9 Å². The Labute approximate surface area is 211 Å². The van der Waals surface area contributed by atoms with Crippen molar-refractivity contribution in [3.05, 3.63) is 77.6 Å². The number of amides is 1. The van der Waals surface area contributed by atoms with E-state index < -0.39 is 0 Å². The van der Waals surface area contributed by atoms with E-state index in [0.29, 0.717) is 11.4 Å². The van der Waals surface area contributed by atoms with Gasteiger partial charge in [-0.15, -0.1) is 0 Å². The van der Waals surface area contributed by atoms with Crippen molar-refractivity contribution >= 4 is 11.6 Å². The standard InChI is InChI=1S/C31H41N3O/c1-3-5-7-9-10-12-14-26-23-32-30(33-24-26)27-19-21-29(22-20-27)34-31(35)28-17-15-25(16-18-28)13-11-8-6-4-2/h15-24H,3-14H2,1-2H3,(H,34,35). The number of aryl methyl sites for hydroxylation is 2. The van der Waals surface area contributed by atoms with Gasteiger partial charge >= 0.3 is 0 Å². The molecule has 35 heavy (non-hydrogen) atoms.